The second-order valence-corrected chi connectivity index (χ2v) is 12.8. The molecular formula is C39H34F9N9O. The van der Waals surface area contributed by atoms with Crippen molar-refractivity contribution in [3.05, 3.63) is 141 Å². The number of aromatic nitrogens is 7. The molecule has 19 heteroatoms. The summed E-state index contributed by atoms with van der Waals surface area (Å²) >= 11 is 0. The Balaban J connectivity index is 0.000000235. The first-order valence-electron chi connectivity index (χ1n) is 17.1. The van der Waals surface area contributed by atoms with Gasteiger partial charge in [-0.3, -0.25) is 24.7 Å². The third kappa shape index (κ3) is 11.4. The number of alkyl halides is 9. The molecule has 0 bridgehead atoms. The van der Waals surface area contributed by atoms with E-state index in [1.807, 2.05) is 37.3 Å². The Morgan fingerprint density at radius 3 is 1.83 bits per heavy atom. The van der Waals surface area contributed by atoms with Crippen molar-refractivity contribution in [2.45, 2.75) is 72.2 Å². The van der Waals surface area contributed by atoms with Crippen LogP contribution in [-0.4, -0.2) is 40.7 Å². The Labute approximate surface area is 325 Å². The number of aryl methyl sites for hydroxylation is 4. The van der Waals surface area contributed by atoms with Gasteiger partial charge in [-0.1, -0.05) is 17.3 Å². The summed E-state index contributed by atoms with van der Waals surface area (Å²) in [5, 5.41) is 17.4. The second kappa shape index (κ2) is 18.3. The molecule has 6 rings (SSSR count). The number of Topliss-reactive ketones (excluding diaryl/α,β-unsaturated/α-hetero) is 1. The number of ketones is 1. The molecule has 0 saturated carbocycles. The molecule has 0 amide bonds. The van der Waals surface area contributed by atoms with Crippen LogP contribution in [0.1, 0.15) is 78.6 Å². The first-order chi connectivity index (χ1) is 27.1. The molecule has 0 aliphatic carbocycles. The molecule has 0 atom stereocenters. The molecule has 6 aromatic rings. The molecule has 5 aromatic heterocycles. The normalized spacial score (nSPS) is 11.6. The van der Waals surface area contributed by atoms with Crippen LogP contribution in [0, 0.1) is 39.0 Å². The van der Waals surface area contributed by atoms with Gasteiger partial charge in [0.2, 0.25) is 0 Å². The molecule has 0 aliphatic heterocycles. The molecule has 0 radical (unpaired) electrons. The van der Waals surface area contributed by atoms with Crippen LogP contribution in [-0.2, 0) is 38.0 Å². The Kier molecular flexibility index (Phi) is 14.0. The van der Waals surface area contributed by atoms with E-state index in [1.54, 1.807) is 13.8 Å². The third-order valence-electron chi connectivity index (χ3n) is 8.52. The zero-order valence-electron chi connectivity index (χ0n) is 31.2. The monoisotopic (exact) mass is 815 g/mol. The van der Waals surface area contributed by atoms with E-state index in [2.05, 4.69) is 30.2 Å². The first-order valence-corrected chi connectivity index (χ1v) is 17.1. The van der Waals surface area contributed by atoms with Crippen molar-refractivity contribution in [2.24, 2.45) is 5.73 Å². The lowest BCUT2D eigenvalue weighted by Crippen LogP contribution is -2.15. The number of nitrogens with two attached hydrogens (primary N) is 1. The highest BCUT2D eigenvalue weighted by Crippen LogP contribution is 2.33. The maximum Gasteiger partial charge on any atom is 0.434 e. The lowest BCUT2D eigenvalue weighted by Gasteiger charge is -2.13. The second-order valence-electron chi connectivity index (χ2n) is 12.8. The van der Waals surface area contributed by atoms with Crippen LogP contribution in [0.4, 0.5) is 39.5 Å². The summed E-state index contributed by atoms with van der Waals surface area (Å²) < 4.78 is 115. The molecule has 304 valence electrons. The number of fused-ring (bicyclic) bond motifs is 1. The zero-order valence-corrected chi connectivity index (χ0v) is 31.2. The van der Waals surface area contributed by atoms with Crippen molar-refractivity contribution in [2.75, 3.05) is 0 Å². The van der Waals surface area contributed by atoms with Crippen molar-refractivity contribution in [3.63, 3.8) is 0 Å². The lowest BCUT2D eigenvalue weighted by atomic mass is 10.00. The number of hydrogen-bond acceptors (Lipinski definition) is 9. The van der Waals surface area contributed by atoms with Gasteiger partial charge in [0.05, 0.1) is 23.8 Å². The van der Waals surface area contributed by atoms with E-state index in [0.29, 0.717) is 17.7 Å². The number of halogens is 9. The molecule has 2 N–H and O–H groups in total. The number of nitrogens with zero attached hydrogens (tertiary/aromatic N) is 8. The Morgan fingerprint density at radius 1 is 0.741 bits per heavy atom. The standard InChI is InChI=1S/C23H20F3N5O.C8H9F3N2.C8H5F3N2/c1-14-9-10-27-22(23(24,25)26)18(14)6-8-21(32)20-13-31(30-29-20)12-16-4-7-19-17(11-16)5-3-15(2)28-19;2*1-5-2-3-13-7(6(5)4-12)8(9,10)11/h3-5,7,9-11,13H,6,8,12H2,1-2H3;2-3H,4,12H2,1H3;2-3H,1H3. The molecule has 58 heavy (non-hydrogen) atoms. The summed E-state index contributed by atoms with van der Waals surface area (Å²) in [5.74, 6) is -0.370. The summed E-state index contributed by atoms with van der Waals surface area (Å²) in [6, 6.07) is 15.7. The summed E-state index contributed by atoms with van der Waals surface area (Å²) in [6.07, 6.45) is -8.91. The fourth-order valence-electron chi connectivity index (χ4n) is 5.59. The van der Waals surface area contributed by atoms with Crippen molar-refractivity contribution >= 4 is 16.7 Å². The fourth-order valence-corrected chi connectivity index (χ4v) is 5.59. The van der Waals surface area contributed by atoms with Gasteiger partial charge in [0.1, 0.15) is 23.2 Å². The number of carbonyl (C=O) groups is 1. The van der Waals surface area contributed by atoms with Gasteiger partial charge in [-0.2, -0.15) is 44.8 Å². The Hall–Kier alpha value is -6.29. The SMILES string of the molecule is Cc1ccc2cc(Cn3cc(C(=O)CCc4c(C)ccnc4C(F)(F)F)nn3)ccc2n1.Cc1ccnc(C(F)(F)F)c1C#N.Cc1ccnc(C(F)(F)F)c1CN. The van der Waals surface area contributed by atoms with Gasteiger partial charge in [0, 0.05) is 42.6 Å². The predicted molar refractivity (Wildman–Crippen MR) is 193 cm³/mol. The molecule has 10 nitrogen and oxygen atoms in total. The largest absolute Gasteiger partial charge is 0.434 e. The van der Waals surface area contributed by atoms with E-state index < -0.39 is 41.2 Å². The summed E-state index contributed by atoms with van der Waals surface area (Å²) in [7, 11) is 0. The number of rotatable bonds is 7. The fraction of sp³-hybridized carbons (Fsp3) is 0.282. The number of pyridine rings is 4. The van der Waals surface area contributed by atoms with Gasteiger partial charge in [-0.05, 0) is 104 Å². The molecule has 0 fully saturated rings. The average molecular weight is 816 g/mol. The van der Waals surface area contributed by atoms with E-state index in [0.717, 1.165) is 40.8 Å². The maximum atomic E-state index is 13.2. The van der Waals surface area contributed by atoms with Crippen LogP contribution < -0.4 is 5.73 Å². The van der Waals surface area contributed by atoms with Crippen molar-refractivity contribution in [1.29, 1.82) is 5.26 Å². The molecule has 0 spiro atoms. The van der Waals surface area contributed by atoms with Crippen LogP contribution >= 0.6 is 0 Å². The highest BCUT2D eigenvalue weighted by Gasteiger charge is 2.37. The summed E-state index contributed by atoms with van der Waals surface area (Å²) in [6.45, 7) is 6.79. The highest BCUT2D eigenvalue weighted by molar-refractivity contribution is 5.94. The van der Waals surface area contributed by atoms with E-state index in [9.17, 15) is 44.3 Å². The summed E-state index contributed by atoms with van der Waals surface area (Å²) in [5.41, 5.74) is 6.12. The topological polar surface area (TPSA) is 149 Å². The first kappa shape index (κ1) is 44.4. The lowest BCUT2D eigenvalue weighted by molar-refractivity contribution is -0.142. The number of hydrogen-bond donors (Lipinski definition) is 1. The smallest absolute Gasteiger partial charge is 0.326 e. The Bertz CT molecular complexity index is 2430. The summed E-state index contributed by atoms with van der Waals surface area (Å²) in [4.78, 5) is 26.9. The molecule has 5 heterocycles. The molecule has 0 saturated heterocycles. The maximum absolute atomic E-state index is 13.2. The molecule has 0 unspecified atom stereocenters. The average Bonchev–Trinajstić information content (AvgIpc) is 3.62. The van der Waals surface area contributed by atoms with Gasteiger partial charge < -0.3 is 5.73 Å². The van der Waals surface area contributed by atoms with E-state index in [1.165, 1.54) is 42.1 Å². The minimum absolute atomic E-state index is 0.0285. The van der Waals surface area contributed by atoms with E-state index in [-0.39, 0.29) is 47.6 Å². The minimum Gasteiger partial charge on any atom is -0.326 e. The zero-order chi connectivity index (χ0) is 43.0. The van der Waals surface area contributed by atoms with Gasteiger partial charge in [0.25, 0.3) is 0 Å². The van der Waals surface area contributed by atoms with E-state index >= 15 is 0 Å². The van der Waals surface area contributed by atoms with Crippen LogP contribution in [0.5, 0.6) is 0 Å². The Morgan fingerprint density at radius 2 is 1.29 bits per heavy atom. The van der Waals surface area contributed by atoms with E-state index in [4.69, 9.17) is 11.0 Å². The minimum atomic E-state index is -4.57. The van der Waals surface area contributed by atoms with Crippen molar-refractivity contribution in [1.82, 2.24) is 34.9 Å². The quantitative estimate of drug-likeness (QED) is 0.123. The van der Waals surface area contributed by atoms with Gasteiger partial charge in [-0.25, -0.2) is 4.68 Å². The van der Waals surface area contributed by atoms with Crippen LogP contribution in [0.3, 0.4) is 0 Å². The number of benzene rings is 1. The molecular weight excluding hydrogens is 781 g/mol. The third-order valence-corrected chi connectivity index (χ3v) is 8.52. The number of carbonyl (C=O) groups excluding carboxylic acids is 1. The van der Waals surface area contributed by atoms with Crippen LogP contribution in [0.25, 0.3) is 10.9 Å². The van der Waals surface area contributed by atoms with Gasteiger partial charge >= 0.3 is 18.5 Å². The van der Waals surface area contributed by atoms with Crippen molar-refractivity contribution < 1.29 is 44.3 Å². The predicted octanol–water partition coefficient (Wildman–Crippen LogP) is 8.87. The van der Waals surface area contributed by atoms with Gasteiger partial charge in [-0.15, -0.1) is 5.10 Å². The van der Waals surface area contributed by atoms with Crippen LogP contribution in [0.15, 0.2) is 73.3 Å². The molecule has 0 aliphatic rings. The number of nitriles is 1. The highest BCUT2D eigenvalue weighted by atomic mass is 19.4. The van der Waals surface area contributed by atoms with Gasteiger partial charge in [0.15, 0.2) is 11.5 Å². The van der Waals surface area contributed by atoms with Crippen LogP contribution in [0.2, 0.25) is 0 Å². The molecule has 1 aromatic carbocycles. The van der Waals surface area contributed by atoms with Crippen molar-refractivity contribution in [3.8, 4) is 6.07 Å².